The van der Waals surface area contributed by atoms with Crippen LogP contribution in [0.2, 0.25) is 0 Å². The zero-order valence-electron chi connectivity index (χ0n) is 13.1. The van der Waals surface area contributed by atoms with E-state index in [1.54, 1.807) is 0 Å². The van der Waals surface area contributed by atoms with Crippen LogP contribution < -0.4 is 0 Å². The van der Waals surface area contributed by atoms with E-state index in [0.29, 0.717) is 0 Å². The van der Waals surface area contributed by atoms with Crippen LogP contribution in [0.5, 0.6) is 0 Å². The van der Waals surface area contributed by atoms with Crippen molar-refractivity contribution in [3.63, 3.8) is 0 Å². The number of unbranched alkanes of at least 4 members (excludes halogenated alkanes) is 6. The van der Waals surface area contributed by atoms with Crippen molar-refractivity contribution in [2.75, 3.05) is 11.5 Å². The van der Waals surface area contributed by atoms with E-state index in [4.69, 9.17) is 0 Å². The first-order chi connectivity index (χ1) is 9.86. The van der Waals surface area contributed by atoms with E-state index in [1.165, 1.54) is 72.8 Å². The minimum Gasteiger partial charge on any atom is -0.249 e. The van der Waals surface area contributed by atoms with E-state index in [0.717, 1.165) is 0 Å². The molecule has 0 aromatic carbocycles. The molecule has 1 aromatic heterocycles. The topological polar surface area (TPSA) is 12.9 Å². The van der Waals surface area contributed by atoms with Gasteiger partial charge >= 0.3 is 0 Å². The lowest BCUT2D eigenvalue weighted by atomic mass is 10.2. The summed E-state index contributed by atoms with van der Waals surface area (Å²) >= 11 is 3.84. The van der Waals surface area contributed by atoms with Gasteiger partial charge < -0.3 is 0 Å². The van der Waals surface area contributed by atoms with E-state index < -0.39 is 0 Å². The molecular formula is C17H29NS2. The Bertz CT molecular complexity index is 291. The summed E-state index contributed by atoms with van der Waals surface area (Å²) in [6, 6.07) is 4.41. The molecule has 0 unspecified atom stereocenters. The van der Waals surface area contributed by atoms with E-state index in [9.17, 15) is 0 Å². The zero-order valence-corrected chi connectivity index (χ0v) is 14.7. The van der Waals surface area contributed by atoms with Crippen molar-refractivity contribution in [1.29, 1.82) is 0 Å². The van der Waals surface area contributed by atoms with Gasteiger partial charge in [0.1, 0.15) is 0 Å². The van der Waals surface area contributed by atoms with Gasteiger partial charge in [-0.15, -0.1) is 23.5 Å². The van der Waals surface area contributed by atoms with Crippen LogP contribution in [-0.4, -0.2) is 16.5 Å². The third-order valence-corrected chi connectivity index (χ3v) is 5.32. The molecule has 0 bridgehead atoms. The Labute approximate surface area is 133 Å². The van der Waals surface area contributed by atoms with Crippen LogP contribution >= 0.6 is 23.5 Å². The first-order valence-electron chi connectivity index (χ1n) is 8.08. The van der Waals surface area contributed by atoms with Gasteiger partial charge in [0.15, 0.2) is 0 Å². The van der Waals surface area contributed by atoms with Crippen molar-refractivity contribution in [1.82, 2.24) is 4.98 Å². The predicted molar refractivity (Wildman–Crippen MR) is 94.0 cm³/mol. The Hall–Kier alpha value is -0.150. The second-order valence-corrected chi connectivity index (χ2v) is 7.43. The van der Waals surface area contributed by atoms with Crippen molar-refractivity contribution >= 4 is 23.5 Å². The van der Waals surface area contributed by atoms with Crippen LogP contribution in [-0.2, 0) is 0 Å². The van der Waals surface area contributed by atoms with Crippen LogP contribution in [0, 0.1) is 0 Å². The molecule has 0 saturated carbocycles. The van der Waals surface area contributed by atoms with E-state index in [2.05, 4.69) is 31.0 Å². The number of thioether (sulfide) groups is 2. The smallest absolute Gasteiger partial charge is 0.0960 e. The molecule has 0 saturated heterocycles. The van der Waals surface area contributed by atoms with Crippen LogP contribution in [0.25, 0.3) is 0 Å². The van der Waals surface area contributed by atoms with Crippen molar-refractivity contribution in [3.05, 3.63) is 18.3 Å². The van der Waals surface area contributed by atoms with Gasteiger partial charge in [0, 0.05) is 11.1 Å². The van der Waals surface area contributed by atoms with Crippen molar-refractivity contribution in [2.45, 2.75) is 75.1 Å². The Morgan fingerprint density at radius 2 is 1.45 bits per heavy atom. The molecule has 20 heavy (non-hydrogen) atoms. The van der Waals surface area contributed by atoms with Gasteiger partial charge in [-0.25, -0.2) is 4.98 Å². The van der Waals surface area contributed by atoms with Crippen LogP contribution in [0.3, 0.4) is 0 Å². The number of nitrogens with zero attached hydrogens (tertiary/aromatic N) is 1. The van der Waals surface area contributed by atoms with Gasteiger partial charge in [-0.05, 0) is 36.5 Å². The number of rotatable bonds is 12. The molecule has 0 aliphatic rings. The third-order valence-electron chi connectivity index (χ3n) is 3.22. The summed E-state index contributed by atoms with van der Waals surface area (Å²) < 4.78 is 0. The third kappa shape index (κ3) is 8.91. The number of pyridine rings is 1. The fraction of sp³-hybridized carbons (Fsp3) is 0.706. The largest absolute Gasteiger partial charge is 0.249 e. The summed E-state index contributed by atoms with van der Waals surface area (Å²) in [5.74, 6) is 2.43. The molecule has 1 aromatic rings. The summed E-state index contributed by atoms with van der Waals surface area (Å²) in [5.41, 5.74) is 0. The zero-order chi connectivity index (χ0) is 14.5. The summed E-state index contributed by atoms with van der Waals surface area (Å²) in [4.78, 5) is 5.87. The molecule has 0 fully saturated rings. The highest BCUT2D eigenvalue weighted by atomic mass is 32.2. The second-order valence-electron chi connectivity index (χ2n) is 5.15. The monoisotopic (exact) mass is 311 g/mol. The average molecular weight is 312 g/mol. The van der Waals surface area contributed by atoms with Crippen LogP contribution in [0.1, 0.15) is 65.2 Å². The first-order valence-corrected chi connectivity index (χ1v) is 10.1. The lowest BCUT2D eigenvalue weighted by Gasteiger charge is -2.03. The van der Waals surface area contributed by atoms with Gasteiger partial charge in [0.25, 0.3) is 0 Å². The van der Waals surface area contributed by atoms with Gasteiger partial charge in [-0.2, -0.15) is 0 Å². The Morgan fingerprint density at radius 3 is 2.00 bits per heavy atom. The molecule has 0 aliphatic carbocycles. The molecule has 0 radical (unpaired) electrons. The minimum atomic E-state index is 1.18. The van der Waals surface area contributed by atoms with Gasteiger partial charge in [-0.1, -0.05) is 52.4 Å². The summed E-state index contributed by atoms with van der Waals surface area (Å²) in [5, 5.41) is 1.18. The molecule has 0 atom stereocenters. The maximum atomic E-state index is 4.55. The molecule has 0 aliphatic heterocycles. The molecule has 3 heteroatoms. The second kappa shape index (κ2) is 12.6. The molecule has 114 valence electrons. The highest BCUT2D eigenvalue weighted by molar-refractivity contribution is 7.99. The first kappa shape index (κ1) is 17.9. The Balaban J connectivity index is 2.13. The number of hydrogen-bond donors (Lipinski definition) is 0. The van der Waals surface area contributed by atoms with Crippen LogP contribution in [0.4, 0.5) is 0 Å². The fourth-order valence-corrected chi connectivity index (χ4v) is 3.69. The maximum Gasteiger partial charge on any atom is 0.0960 e. The molecule has 0 spiro atoms. The predicted octanol–water partition coefficient (Wildman–Crippen LogP) is 6.43. The average Bonchev–Trinajstić information content (AvgIpc) is 2.48. The maximum absolute atomic E-state index is 4.55. The summed E-state index contributed by atoms with van der Waals surface area (Å²) in [6.45, 7) is 4.52. The minimum absolute atomic E-state index is 1.18. The highest BCUT2D eigenvalue weighted by Gasteiger charge is 1.98. The SMILES string of the molecule is CCCCCCSc1ccc(SCCCCCC)nc1. The molecule has 0 amide bonds. The summed E-state index contributed by atoms with van der Waals surface area (Å²) in [7, 11) is 0. The molecule has 0 N–H and O–H groups in total. The normalized spacial score (nSPS) is 10.9. The summed E-state index contributed by atoms with van der Waals surface area (Å²) in [6.07, 6.45) is 12.8. The number of aromatic nitrogens is 1. The van der Waals surface area contributed by atoms with Crippen LogP contribution in [0.15, 0.2) is 28.3 Å². The quantitative estimate of drug-likeness (QED) is 0.326. The van der Waals surface area contributed by atoms with Crippen molar-refractivity contribution < 1.29 is 0 Å². The lowest BCUT2D eigenvalue weighted by Crippen LogP contribution is -1.86. The van der Waals surface area contributed by atoms with Gasteiger partial charge in [-0.3, -0.25) is 0 Å². The van der Waals surface area contributed by atoms with E-state index in [-0.39, 0.29) is 0 Å². The van der Waals surface area contributed by atoms with Gasteiger partial charge in [0.2, 0.25) is 0 Å². The number of hydrogen-bond acceptors (Lipinski definition) is 3. The standard InChI is InChI=1S/C17H29NS2/c1-3-5-7-9-13-19-16-11-12-17(18-15-16)20-14-10-8-6-4-2/h11-12,15H,3-10,13-14H2,1-2H3. The highest BCUT2D eigenvalue weighted by Crippen LogP contribution is 2.23. The Morgan fingerprint density at radius 1 is 0.800 bits per heavy atom. The molecule has 1 nitrogen and oxygen atoms in total. The van der Waals surface area contributed by atoms with Crippen molar-refractivity contribution in [2.24, 2.45) is 0 Å². The fourth-order valence-electron chi connectivity index (χ4n) is 1.96. The van der Waals surface area contributed by atoms with E-state index in [1.807, 2.05) is 29.7 Å². The molecule has 1 heterocycles. The molecular weight excluding hydrogens is 282 g/mol. The van der Waals surface area contributed by atoms with E-state index >= 15 is 0 Å². The van der Waals surface area contributed by atoms with Gasteiger partial charge in [0.05, 0.1) is 5.03 Å². The Kier molecular flexibility index (Phi) is 11.3. The lowest BCUT2D eigenvalue weighted by molar-refractivity contribution is 0.706. The molecule has 1 rings (SSSR count). The van der Waals surface area contributed by atoms with Crippen molar-refractivity contribution in [3.8, 4) is 0 Å².